The first-order valence-electron chi connectivity index (χ1n) is 9.15. The van der Waals surface area contributed by atoms with Gasteiger partial charge in [0.25, 0.3) is 5.91 Å². The highest BCUT2D eigenvalue weighted by molar-refractivity contribution is 9.10. The van der Waals surface area contributed by atoms with Crippen LogP contribution in [0.1, 0.15) is 46.7 Å². The molecular weight excluding hydrogens is 444 g/mol. The number of carbonyl (C=O) groups excluding carboxylic acids is 1. The lowest BCUT2D eigenvalue weighted by Gasteiger charge is -2.23. The van der Waals surface area contributed by atoms with Gasteiger partial charge in [-0.15, -0.1) is 12.4 Å². The number of halogens is 2. The van der Waals surface area contributed by atoms with Crippen molar-refractivity contribution in [3.63, 3.8) is 0 Å². The minimum atomic E-state index is -0.823. The van der Waals surface area contributed by atoms with E-state index in [1.165, 1.54) is 5.56 Å². The van der Waals surface area contributed by atoms with E-state index in [0.29, 0.717) is 23.6 Å². The summed E-state index contributed by atoms with van der Waals surface area (Å²) in [6.45, 7) is 2.09. The van der Waals surface area contributed by atoms with Crippen molar-refractivity contribution in [3.8, 4) is 0 Å². The highest BCUT2D eigenvalue weighted by Crippen LogP contribution is 2.27. The van der Waals surface area contributed by atoms with Crippen molar-refractivity contribution >= 4 is 45.9 Å². The highest BCUT2D eigenvalue weighted by Gasteiger charge is 2.16. The SMILES string of the molecule is Cl.O=C(O)CCc1ccc(NC(=O)c2ccc(C3CCNCC3)cc2)c(Br)c1. The molecule has 1 fully saturated rings. The van der Waals surface area contributed by atoms with Gasteiger partial charge in [0.2, 0.25) is 0 Å². The van der Waals surface area contributed by atoms with Gasteiger partial charge >= 0.3 is 5.97 Å². The number of anilines is 1. The zero-order chi connectivity index (χ0) is 19.2. The molecule has 0 radical (unpaired) electrons. The normalized spacial score (nSPS) is 14.2. The second kappa shape index (κ2) is 10.6. The predicted octanol–water partition coefficient (Wildman–Crippen LogP) is 4.61. The Morgan fingerprint density at radius 1 is 1.11 bits per heavy atom. The molecule has 0 aromatic heterocycles. The lowest BCUT2D eigenvalue weighted by atomic mass is 9.90. The van der Waals surface area contributed by atoms with Crippen molar-refractivity contribution < 1.29 is 14.7 Å². The van der Waals surface area contributed by atoms with Gasteiger partial charge in [-0.05, 0) is 89.6 Å². The Hall–Kier alpha value is -1.89. The lowest BCUT2D eigenvalue weighted by molar-refractivity contribution is -0.136. The predicted molar refractivity (Wildman–Crippen MR) is 117 cm³/mol. The van der Waals surface area contributed by atoms with E-state index in [0.717, 1.165) is 36.0 Å². The summed E-state index contributed by atoms with van der Waals surface area (Å²) in [6.07, 6.45) is 2.81. The van der Waals surface area contributed by atoms with Crippen molar-refractivity contribution in [2.75, 3.05) is 18.4 Å². The molecule has 1 heterocycles. The fourth-order valence-corrected chi connectivity index (χ4v) is 3.85. The fraction of sp³-hybridized carbons (Fsp3) is 0.333. The molecule has 2 aromatic carbocycles. The van der Waals surface area contributed by atoms with Crippen molar-refractivity contribution in [2.45, 2.75) is 31.6 Å². The second-order valence-electron chi connectivity index (χ2n) is 6.81. The van der Waals surface area contributed by atoms with Crippen LogP contribution >= 0.6 is 28.3 Å². The standard InChI is InChI=1S/C21H23BrN2O3.ClH/c22-18-13-14(2-8-20(25)26)1-7-19(18)24-21(27)17-5-3-15(4-6-17)16-9-11-23-12-10-16;/h1,3-7,13,16,23H,2,8-12H2,(H,24,27)(H,25,26);1H. The van der Waals surface area contributed by atoms with Gasteiger partial charge in [0, 0.05) is 16.5 Å². The van der Waals surface area contributed by atoms with Crippen LogP contribution in [0.3, 0.4) is 0 Å². The van der Waals surface area contributed by atoms with Gasteiger partial charge in [-0.25, -0.2) is 0 Å². The fourth-order valence-electron chi connectivity index (χ4n) is 3.32. The summed E-state index contributed by atoms with van der Waals surface area (Å²) in [4.78, 5) is 23.2. The number of hydrogen-bond donors (Lipinski definition) is 3. The zero-order valence-corrected chi connectivity index (χ0v) is 17.8. The molecule has 0 atom stereocenters. The number of carboxylic acid groups (broad SMARTS) is 1. The quantitative estimate of drug-likeness (QED) is 0.580. The Kier molecular flexibility index (Phi) is 8.48. The number of piperidine rings is 1. The monoisotopic (exact) mass is 466 g/mol. The van der Waals surface area contributed by atoms with Crippen molar-refractivity contribution in [3.05, 3.63) is 63.6 Å². The van der Waals surface area contributed by atoms with Gasteiger partial charge in [-0.3, -0.25) is 9.59 Å². The minimum absolute atomic E-state index is 0. The number of carbonyl (C=O) groups is 2. The van der Waals surface area contributed by atoms with Gasteiger partial charge < -0.3 is 15.7 Å². The molecule has 3 N–H and O–H groups in total. The average Bonchev–Trinajstić information content (AvgIpc) is 2.69. The number of aliphatic carboxylic acids is 1. The molecular formula is C21H24BrClN2O3. The molecule has 1 aliphatic rings. The zero-order valence-electron chi connectivity index (χ0n) is 15.4. The molecule has 1 amide bonds. The maximum Gasteiger partial charge on any atom is 0.303 e. The second-order valence-corrected chi connectivity index (χ2v) is 7.66. The highest BCUT2D eigenvalue weighted by atomic mass is 79.9. The summed E-state index contributed by atoms with van der Waals surface area (Å²) < 4.78 is 0.741. The molecule has 2 aromatic rings. The van der Waals surface area contributed by atoms with Crippen molar-refractivity contribution in [2.24, 2.45) is 0 Å². The molecule has 1 aliphatic heterocycles. The number of nitrogens with one attached hydrogen (secondary N) is 2. The number of hydrogen-bond acceptors (Lipinski definition) is 3. The summed E-state index contributed by atoms with van der Waals surface area (Å²) in [6, 6.07) is 13.3. The van der Waals surface area contributed by atoms with E-state index < -0.39 is 5.97 Å². The first-order valence-corrected chi connectivity index (χ1v) is 9.94. The smallest absolute Gasteiger partial charge is 0.303 e. The Bertz CT molecular complexity index is 821. The Labute approximate surface area is 179 Å². The minimum Gasteiger partial charge on any atom is -0.481 e. The van der Waals surface area contributed by atoms with E-state index in [-0.39, 0.29) is 24.7 Å². The van der Waals surface area contributed by atoms with Crippen molar-refractivity contribution in [1.82, 2.24) is 5.32 Å². The van der Waals surface area contributed by atoms with Gasteiger partial charge in [-0.1, -0.05) is 18.2 Å². The maximum atomic E-state index is 12.5. The van der Waals surface area contributed by atoms with E-state index in [4.69, 9.17) is 5.11 Å². The van der Waals surface area contributed by atoms with Crippen LogP contribution in [0.25, 0.3) is 0 Å². The molecule has 7 heteroatoms. The van der Waals surface area contributed by atoms with E-state index in [2.05, 4.69) is 38.7 Å². The van der Waals surface area contributed by atoms with Crippen molar-refractivity contribution in [1.29, 1.82) is 0 Å². The summed E-state index contributed by atoms with van der Waals surface area (Å²) in [7, 11) is 0. The Morgan fingerprint density at radius 3 is 2.39 bits per heavy atom. The number of amides is 1. The Morgan fingerprint density at radius 2 is 1.79 bits per heavy atom. The number of aryl methyl sites for hydroxylation is 1. The summed E-state index contributed by atoms with van der Waals surface area (Å²) >= 11 is 3.45. The third-order valence-electron chi connectivity index (χ3n) is 4.89. The summed E-state index contributed by atoms with van der Waals surface area (Å²) in [5.74, 6) is -0.418. The maximum absolute atomic E-state index is 12.5. The van der Waals surface area contributed by atoms with E-state index in [1.54, 1.807) is 6.07 Å². The summed E-state index contributed by atoms with van der Waals surface area (Å²) in [5.41, 5.74) is 3.49. The van der Waals surface area contributed by atoms with Crippen LogP contribution in [-0.4, -0.2) is 30.1 Å². The van der Waals surface area contributed by atoms with Crippen LogP contribution in [0, 0.1) is 0 Å². The molecule has 1 saturated heterocycles. The third kappa shape index (κ3) is 6.06. The lowest BCUT2D eigenvalue weighted by Crippen LogP contribution is -2.26. The van der Waals surface area contributed by atoms with Gasteiger partial charge in [0.15, 0.2) is 0 Å². The number of carboxylic acids is 1. The van der Waals surface area contributed by atoms with E-state index in [1.807, 2.05) is 24.3 Å². The van der Waals surface area contributed by atoms with Crippen LogP contribution in [-0.2, 0) is 11.2 Å². The largest absolute Gasteiger partial charge is 0.481 e. The average molecular weight is 468 g/mol. The van der Waals surface area contributed by atoms with Crippen LogP contribution in [0.2, 0.25) is 0 Å². The van der Waals surface area contributed by atoms with Gasteiger partial charge in [0.1, 0.15) is 0 Å². The van der Waals surface area contributed by atoms with Gasteiger partial charge in [0.05, 0.1) is 5.69 Å². The van der Waals surface area contributed by atoms with Crippen LogP contribution in [0.4, 0.5) is 5.69 Å². The van der Waals surface area contributed by atoms with E-state index in [9.17, 15) is 9.59 Å². The number of benzene rings is 2. The molecule has 0 unspecified atom stereocenters. The molecule has 0 bridgehead atoms. The molecule has 3 rings (SSSR count). The van der Waals surface area contributed by atoms with Crippen LogP contribution < -0.4 is 10.6 Å². The molecule has 0 saturated carbocycles. The van der Waals surface area contributed by atoms with E-state index >= 15 is 0 Å². The topological polar surface area (TPSA) is 78.4 Å². The Balaban J connectivity index is 0.00000280. The first-order chi connectivity index (χ1) is 13.0. The number of rotatable bonds is 6. The van der Waals surface area contributed by atoms with Crippen LogP contribution in [0.15, 0.2) is 46.9 Å². The van der Waals surface area contributed by atoms with Crippen LogP contribution in [0.5, 0.6) is 0 Å². The molecule has 5 nitrogen and oxygen atoms in total. The third-order valence-corrected chi connectivity index (χ3v) is 5.55. The molecule has 0 aliphatic carbocycles. The molecule has 0 spiro atoms. The first kappa shape index (κ1) is 22.4. The molecule has 28 heavy (non-hydrogen) atoms. The van der Waals surface area contributed by atoms with Gasteiger partial charge in [-0.2, -0.15) is 0 Å². The summed E-state index contributed by atoms with van der Waals surface area (Å²) in [5, 5.41) is 15.0. The molecule has 150 valence electrons.